The summed E-state index contributed by atoms with van der Waals surface area (Å²) in [5.41, 5.74) is 1.50. The second kappa shape index (κ2) is 7.57. The molecule has 1 aromatic rings. The lowest BCUT2D eigenvalue weighted by Crippen LogP contribution is -2.50. The molecule has 0 saturated carbocycles. The van der Waals surface area contributed by atoms with Crippen molar-refractivity contribution in [2.45, 2.75) is 51.2 Å². The number of hydrogen-bond acceptors (Lipinski definition) is 6. The van der Waals surface area contributed by atoms with Crippen molar-refractivity contribution in [3.05, 3.63) is 23.1 Å². The molecule has 0 aromatic carbocycles. The van der Waals surface area contributed by atoms with E-state index < -0.39 is 16.1 Å². The summed E-state index contributed by atoms with van der Waals surface area (Å²) in [5, 5.41) is 3.70. The van der Waals surface area contributed by atoms with Crippen molar-refractivity contribution in [1.29, 1.82) is 0 Å². The predicted molar refractivity (Wildman–Crippen MR) is 84.7 cm³/mol. The Labute approximate surface area is 137 Å². The van der Waals surface area contributed by atoms with Gasteiger partial charge in [-0.1, -0.05) is 16.8 Å². The first-order valence-electron chi connectivity index (χ1n) is 7.59. The van der Waals surface area contributed by atoms with Gasteiger partial charge in [-0.3, -0.25) is 0 Å². The standard InChI is InChI=1S/C15H24N2O5S/c1-10(2)5-8-21-14-6-7-20-9-13(14)17-23(18,19)15-11(3)16-22-12(15)4/h5,13-14,17H,6-9H2,1-4H3/t13-,14+/m1/s1. The van der Waals surface area contributed by atoms with Gasteiger partial charge in [-0.2, -0.15) is 0 Å². The smallest absolute Gasteiger partial charge is 0.246 e. The van der Waals surface area contributed by atoms with Crippen LogP contribution in [0.3, 0.4) is 0 Å². The monoisotopic (exact) mass is 344 g/mol. The summed E-state index contributed by atoms with van der Waals surface area (Å²) in [5.74, 6) is 0.272. The fourth-order valence-corrected chi connectivity index (χ4v) is 4.06. The number of rotatable bonds is 6. The zero-order chi connectivity index (χ0) is 17.0. The number of aryl methyl sites for hydroxylation is 2. The zero-order valence-corrected chi connectivity index (χ0v) is 14.8. The summed E-state index contributed by atoms with van der Waals surface area (Å²) in [4.78, 5) is 0.0890. The summed E-state index contributed by atoms with van der Waals surface area (Å²) in [6.07, 6.45) is 2.38. The molecule has 1 N–H and O–H groups in total. The Kier molecular flexibility index (Phi) is 5.96. The van der Waals surface area contributed by atoms with Crippen LogP contribution in [0.5, 0.6) is 0 Å². The van der Waals surface area contributed by atoms with E-state index in [1.807, 2.05) is 19.9 Å². The molecular formula is C15H24N2O5S. The lowest BCUT2D eigenvalue weighted by atomic mass is 10.1. The van der Waals surface area contributed by atoms with E-state index in [0.29, 0.717) is 25.3 Å². The van der Waals surface area contributed by atoms with Gasteiger partial charge in [0.1, 0.15) is 10.6 Å². The lowest BCUT2D eigenvalue weighted by molar-refractivity contribution is -0.0418. The highest BCUT2D eigenvalue weighted by Gasteiger charge is 2.33. The Hall–Kier alpha value is -1.22. The number of nitrogens with one attached hydrogen (secondary N) is 1. The van der Waals surface area contributed by atoms with Gasteiger partial charge in [0.15, 0.2) is 5.76 Å². The molecule has 7 nitrogen and oxygen atoms in total. The molecule has 1 fully saturated rings. The Morgan fingerprint density at radius 1 is 1.43 bits per heavy atom. The van der Waals surface area contributed by atoms with E-state index >= 15 is 0 Å². The Balaban J connectivity index is 2.10. The molecule has 130 valence electrons. The maximum absolute atomic E-state index is 12.6. The quantitative estimate of drug-likeness (QED) is 0.790. The van der Waals surface area contributed by atoms with Crippen LogP contribution in [-0.4, -0.2) is 45.5 Å². The number of aromatic nitrogens is 1. The molecule has 8 heteroatoms. The van der Waals surface area contributed by atoms with Crippen molar-refractivity contribution in [3.63, 3.8) is 0 Å². The van der Waals surface area contributed by atoms with E-state index in [2.05, 4.69) is 9.88 Å². The largest absolute Gasteiger partial charge is 0.380 e. The van der Waals surface area contributed by atoms with Crippen molar-refractivity contribution in [3.8, 4) is 0 Å². The number of nitrogens with zero attached hydrogens (tertiary/aromatic N) is 1. The second-order valence-corrected chi connectivity index (χ2v) is 7.55. The fraction of sp³-hybridized carbons (Fsp3) is 0.667. The van der Waals surface area contributed by atoms with Crippen LogP contribution >= 0.6 is 0 Å². The molecule has 0 radical (unpaired) electrons. The van der Waals surface area contributed by atoms with E-state index in [1.165, 1.54) is 0 Å². The molecule has 1 aliphatic heterocycles. The molecule has 0 unspecified atom stereocenters. The van der Waals surface area contributed by atoms with Crippen molar-refractivity contribution in [2.75, 3.05) is 19.8 Å². The molecule has 2 atom stereocenters. The third-order valence-electron chi connectivity index (χ3n) is 3.64. The second-order valence-electron chi connectivity index (χ2n) is 5.90. The van der Waals surface area contributed by atoms with Gasteiger partial charge in [-0.15, -0.1) is 0 Å². The lowest BCUT2D eigenvalue weighted by Gasteiger charge is -2.31. The Morgan fingerprint density at radius 3 is 2.78 bits per heavy atom. The highest BCUT2D eigenvalue weighted by atomic mass is 32.2. The van der Waals surface area contributed by atoms with Gasteiger partial charge in [0.05, 0.1) is 25.4 Å². The van der Waals surface area contributed by atoms with E-state index in [0.717, 1.165) is 5.57 Å². The molecule has 23 heavy (non-hydrogen) atoms. The van der Waals surface area contributed by atoms with Crippen LogP contribution in [0.2, 0.25) is 0 Å². The van der Waals surface area contributed by atoms with Crippen LogP contribution in [0.4, 0.5) is 0 Å². The molecule has 1 aliphatic rings. The number of sulfonamides is 1. The summed E-state index contributed by atoms with van der Waals surface area (Å²) in [6, 6.07) is -0.437. The van der Waals surface area contributed by atoms with E-state index in [4.69, 9.17) is 14.0 Å². The normalized spacial score (nSPS) is 22.1. The molecule has 0 amide bonds. The fourth-order valence-electron chi connectivity index (χ4n) is 2.48. The third kappa shape index (κ3) is 4.63. The Bertz CT molecular complexity index is 642. The van der Waals surface area contributed by atoms with E-state index in [1.54, 1.807) is 13.8 Å². The summed E-state index contributed by atoms with van der Waals surface area (Å²) < 4.78 is 44.0. The SMILES string of the molecule is CC(C)=CCO[C@H]1CCOC[C@H]1NS(=O)(=O)c1c(C)noc1C. The number of allylic oxidation sites excluding steroid dienone is 1. The number of hydrogen-bond donors (Lipinski definition) is 1. The summed E-state index contributed by atoms with van der Waals surface area (Å²) in [7, 11) is -3.73. The maximum atomic E-state index is 12.6. The van der Waals surface area contributed by atoms with Crippen molar-refractivity contribution in [2.24, 2.45) is 0 Å². The summed E-state index contributed by atoms with van der Waals surface area (Å²) in [6.45, 7) is 8.46. The van der Waals surface area contributed by atoms with E-state index in [-0.39, 0.29) is 23.4 Å². The van der Waals surface area contributed by atoms with Crippen LogP contribution in [0.25, 0.3) is 0 Å². The molecule has 0 aliphatic carbocycles. The van der Waals surface area contributed by atoms with Gasteiger partial charge in [0.25, 0.3) is 0 Å². The van der Waals surface area contributed by atoms with Gasteiger partial charge >= 0.3 is 0 Å². The van der Waals surface area contributed by atoms with Gasteiger partial charge in [-0.05, 0) is 34.1 Å². The number of ether oxygens (including phenoxy) is 2. The minimum atomic E-state index is -3.73. The molecule has 2 rings (SSSR count). The maximum Gasteiger partial charge on any atom is 0.246 e. The van der Waals surface area contributed by atoms with Crippen LogP contribution in [0.1, 0.15) is 31.7 Å². The third-order valence-corrected chi connectivity index (χ3v) is 5.37. The summed E-state index contributed by atoms with van der Waals surface area (Å²) >= 11 is 0. The minimum Gasteiger partial charge on any atom is -0.380 e. The highest BCUT2D eigenvalue weighted by Crippen LogP contribution is 2.21. The predicted octanol–water partition coefficient (Wildman–Crippen LogP) is 1.71. The average Bonchev–Trinajstić information content (AvgIpc) is 2.80. The molecule has 1 saturated heterocycles. The van der Waals surface area contributed by atoms with Crippen LogP contribution in [0.15, 0.2) is 21.1 Å². The van der Waals surface area contributed by atoms with Crippen LogP contribution in [-0.2, 0) is 19.5 Å². The minimum absolute atomic E-state index is 0.0890. The van der Waals surface area contributed by atoms with Crippen LogP contribution < -0.4 is 4.72 Å². The van der Waals surface area contributed by atoms with Crippen molar-refractivity contribution in [1.82, 2.24) is 9.88 Å². The van der Waals surface area contributed by atoms with E-state index in [9.17, 15) is 8.42 Å². The first kappa shape index (κ1) is 18.1. The van der Waals surface area contributed by atoms with Crippen molar-refractivity contribution >= 4 is 10.0 Å². The molecule has 1 aromatic heterocycles. The first-order valence-corrected chi connectivity index (χ1v) is 9.07. The van der Waals surface area contributed by atoms with Gasteiger partial charge in [-0.25, -0.2) is 13.1 Å². The first-order chi connectivity index (χ1) is 10.8. The van der Waals surface area contributed by atoms with Gasteiger partial charge in [0, 0.05) is 6.61 Å². The average molecular weight is 344 g/mol. The Morgan fingerprint density at radius 2 is 2.17 bits per heavy atom. The van der Waals surface area contributed by atoms with Crippen LogP contribution in [0, 0.1) is 13.8 Å². The molecular weight excluding hydrogens is 320 g/mol. The molecule has 0 bridgehead atoms. The molecule has 2 heterocycles. The van der Waals surface area contributed by atoms with Crippen molar-refractivity contribution < 1.29 is 22.4 Å². The van der Waals surface area contributed by atoms with Gasteiger partial charge < -0.3 is 14.0 Å². The molecule has 0 spiro atoms. The highest BCUT2D eigenvalue weighted by molar-refractivity contribution is 7.89. The topological polar surface area (TPSA) is 90.7 Å². The van der Waals surface area contributed by atoms with Gasteiger partial charge in [0.2, 0.25) is 10.0 Å². The zero-order valence-electron chi connectivity index (χ0n) is 14.0.